The standard InChI is InChI=1S/C15H24N2O2.ClH/c1-4-19-14-6-5-13(9-15(14)18-3)11-17-8-7-16-12(2)10-17;/h5-6,9,12,16H,4,7-8,10-11H2,1-3H3;1H. The molecule has 20 heavy (non-hydrogen) atoms. The van der Waals surface area contributed by atoms with Gasteiger partial charge in [0.1, 0.15) is 0 Å². The van der Waals surface area contributed by atoms with Crippen LogP contribution in [0.1, 0.15) is 19.4 Å². The number of benzene rings is 1. The van der Waals surface area contributed by atoms with Gasteiger partial charge in [0.05, 0.1) is 13.7 Å². The maximum Gasteiger partial charge on any atom is 0.161 e. The molecule has 0 spiro atoms. The van der Waals surface area contributed by atoms with Gasteiger partial charge in [0.25, 0.3) is 0 Å². The lowest BCUT2D eigenvalue weighted by atomic mass is 10.1. The summed E-state index contributed by atoms with van der Waals surface area (Å²) in [4.78, 5) is 2.47. The molecule has 0 aliphatic carbocycles. The summed E-state index contributed by atoms with van der Waals surface area (Å²) < 4.78 is 10.9. The van der Waals surface area contributed by atoms with Crippen molar-refractivity contribution >= 4 is 12.4 Å². The molecule has 0 radical (unpaired) electrons. The maximum absolute atomic E-state index is 5.54. The first-order valence-electron chi connectivity index (χ1n) is 6.98. The van der Waals surface area contributed by atoms with E-state index >= 15 is 0 Å². The minimum Gasteiger partial charge on any atom is -0.493 e. The highest BCUT2D eigenvalue weighted by Crippen LogP contribution is 2.28. The van der Waals surface area contributed by atoms with Crippen LogP contribution in [0.5, 0.6) is 11.5 Å². The summed E-state index contributed by atoms with van der Waals surface area (Å²) in [6, 6.07) is 6.78. The van der Waals surface area contributed by atoms with Crippen molar-refractivity contribution in [3.8, 4) is 11.5 Å². The molecule has 0 saturated carbocycles. The smallest absolute Gasteiger partial charge is 0.161 e. The summed E-state index contributed by atoms with van der Waals surface area (Å²) in [5, 5.41) is 3.46. The van der Waals surface area contributed by atoms with Crippen LogP contribution in [0.2, 0.25) is 0 Å². The molecule has 0 bridgehead atoms. The number of nitrogens with zero attached hydrogens (tertiary/aromatic N) is 1. The van der Waals surface area contributed by atoms with Crippen LogP contribution in [-0.2, 0) is 6.54 Å². The van der Waals surface area contributed by atoms with Gasteiger partial charge in [-0.15, -0.1) is 12.4 Å². The van der Waals surface area contributed by atoms with Gasteiger partial charge in [-0.3, -0.25) is 4.90 Å². The number of halogens is 1. The van der Waals surface area contributed by atoms with Crippen molar-refractivity contribution in [2.75, 3.05) is 33.4 Å². The van der Waals surface area contributed by atoms with Gasteiger partial charge in [-0.25, -0.2) is 0 Å². The average Bonchev–Trinajstić information content (AvgIpc) is 2.41. The van der Waals surface area contributed by atoms with Crippen LogP contribution in [0.15, 0.2) is 18.2 Å². The summed E-state index contributed by atoms with van der Waals surface area (Å²) in [6.45, 7) is 9.09. The highest BCUT2D eigenvalue weighted by atomic mass is 35.5. The third-order valence-corrected chi connectivity index (χ3v) is 3.39. The third kappa shape index (κ3) is 4.54. The van der Waals surface area contributed by atoms with Crippen LogP contribution in [0, 0.1) is 0 Å². The van der Waals surface area contributed by atoms with E-state index in [0.717, 1.165) is 37.7 Å². The van der Waals surface area contributed by atoms with Crippen molar-refractivity contribution in [2.24, 2.45) is 0 Å². The van der Waals surface area contributed by atoms with Gasteiger partial charge in [0, 0.05) is 32.2 Å². The SMILES string of the molecule is CCOc1ccc(CN2CCNC(C)C2)cc1OC.Cl. The Balaban J connectivity index is 0.00000200. The van der Waals surface area contributed by atoms with Gasteiger partial charge < -0.3 is 14.8 Å². The summed E-state index contributed by atoms with van der Waals surface area (Å²) in [7, 11) is 1.69. The zero-order valence-electron chi connectivity index (χ0n) is 12.5. The Hall–Kier alpha value is -0.970. The first kappa shape index (κ1) is 17.1. The summed E-state index contributed by atoms with van der Waals surface area (Å²) in [5.74, 6) is 1.64. The second-order valence-electron chi connectivity index (χ2n) is 5.01. The number of piperazine rings is 1. The molecule has 0 aromatic heterocycles. The molecule has 0 amide bonds. The Bertz CT molecular complexity index is 415. The molecule has 114 valence electrons. The van der Waals surface area contributed by atoms with E-state index in [0.29, 0.717) is 12.6 Å². The van der Waals surface area contributed by atoms with Gasteiger partial charge in [0.2, 0.25) is 0 Å². The predicted octanol–water partition coefficient (Wildman–Crippen LogP) is 2.31. The van der Waals surface area contributed by atoms with Crippen LogP contribution in [0.25, 0.3) is 0 Å². The van der Waals surface area contributed by atoms with E-state index in [-0.39, 0.29) is 12.4 Å². The highest BCUT2D eigenvalue weighted by Gasteiger charge is 2.16. The summed E-state index contributed by atoms with van der Waals surface area (Å²) in [6.07, 6.45) is 0. The average molecular weight is 301 g/mol. The molecule has 2 rings (SSSR count). The third-order valence-electron chi connectivity index (χ3n) is 3.39. The summed E-state index contributed by atoms with van der Waals surface area (Å²) in [5.41, 5.74) is 1.27. The lowest BCUT2D eigenvalue weighted by Gasteiger charge is -2.31. The minimum absolute atomic E-state index is 0. The largest absolute Gasteiger partial charge is 0.493 e. The Kier molecular flexibility index (Phi) is 7.13. The second kappa shape index (κ2) is 8.35. The molecule has 5 heteroatoms. The predicted molar refractivity (Wildman–Crippen MR) is 84.2 cm³/mol. The number of ether oxygens (including phenoxy) is 2. The molecule has 1 heterocycles. The van der Waals surface area contributed by atoms with Crippen molar-refractivity contribution in [3.63, 3.8) is 0 Å². The van der Waals surface area contributed by atoms with E-state index in [1.165, 1.54) is 5.56 Å². The molecule has 1 atom stereocenters. The maximum atomic E-state index is 5.54. The quantitative estimate of drug-likeness (QED) is 0.905. The molecule has 1 N–H and O–H groups in total. The molecule has 1 aliphatic rings. The number of hydrogen-bond donors (Lipinski definition) is 1. The van der Waals surface area contributed by atoms with Gasteiger partial charge in [-0.2, -0.15) is 0 Å². The van der Waals surface area contributed by atoms with E-state index in [9.17, 15) is 0 Å². The van der Waals surface area contributed by atoms with E-state index in [1.54, 1.807) is 7.11 Å². The van der Waals surface area contributed by atoms with Crippen LogP contribution in [-0.4, -0.2) is 44.3 Å². The molecule has 1 aliphatic heterocycles. The Morgan fingerprint density at radius 1 is 1.35 bits per heavy atom. The number of hydrogen-bond acceptors (Lipinski definition) is 4. The molecular weight excluding hydrogens is 276 g/mol. The molecular formula is C15H25ClN2O2. The fraction of sp³-hybridized carbons (Fsp3) is 0.600. The Morgan fingerprint density at radius 2 is 2.15 bits per heavy atom. The fourth-order valence-corrected chi connectivity index (χ4v) is 2.50. The van der Waals surface area contributed by atoms with Crippen LogP contribution < -0.4 is 14.8 Å². The Morgan fingerprint density at radius 3 is 2.80 bits per heavy atom. The van der Waals surface area contributed by atoms with Crippen molar-refractivity contribution in [2.45, 2.75) is 26.4 Å². The Labute approximate surface area is 127 Å². The lowest BCUT2D eigenvalue weighted by Crippen LogP contribution is -2.48. The van der Waals surface area contributed by atoms with E-state index in [1.807, 2.05) is 13.0 Å². The van der Waals surface area contributed by atoms with Gasteiger partial charge >= 0.3 is 0 Å². The number of nitrogens with one attached hydrogen (secondary N) is 1. The van der Waals surface area contributed by atoms with E-state index < -0.39 is 0 Å². The second-order valence-corrected chi connectivity index (χ2v) is 5.01. The first-order chi connectivity index (χ1) is 9.22. The van der Waals surface area contributed by atoms with Crippen LogP contribution >= 0.6 is 12.4 Å². The van der Waals surface area contributed by atoms with Gasteiger partial charge in [0.15, 0.2) is 11.5 Å². The van der Waals surface area contributed by atoms with Crippen molar-refractivity contribution < 1.29 is 9.47 Å². The molecule has 1 saturated heterocycles. The normalized spacial score (nSPS) is 19.2. The monoisotopic (exact) mass is 300 g/mol. The molecule has 1 fully saturated rings. The van der Waals surface area contributed by atoms with Crippen molar-refractivity contribution in [3.05, 3.63) is 23.8 Å². The highest BCUT2D eigenvalue weighted by molar-refractivity contribution is 5.85. The topological polar surface area (TPSA) is 33.7 Å². The zero-order chi connectivity index (χ0) is 13.7. The van der Waals surface area contributed by atoms with Crippen molar-refractivity contribution in [1.82, 2.24) is 10.2 Å². The number of rotatable bonds is 5. The van der Waals surface area contributed by atoms with Gasteiger partial charge in [-0.05, 0) is 31.5 Å². The molecule has 1 aromatic rings. The van der Waals surface area contributed by atoms with Gasteiger partial charge in [-0.1, -0.05) is 6.07 Å². The molecule has 4 nitrogen and oxygen atoms in total. The molecule has 1 unspecified atom stereocenters. The van der Waals surface area contributed by atoms with E-state index in [2.05, 4.69) is 29.3 Å². The molecule has 1 aromatic carbocycles. The number of methoxy groups -OCH3 is 1. The van der Waals surface area contributed by atoms with Crippen LogP contribution in [0.4, 0.5) is 0 Å². The van der Waals surface area contributed by atoms with Crippen LogP contribution in [0.3, 0.4) is 0 Å². The zero-order valence-corrected chi connectivity index (χ0v) is 13.3. The van der Waals surface area contributed by atoms with Crippen molar-refractivity contribution in [1.29, 1.82) is 0 Å². The fourth-order valence-electron chi connectivity index (χ4n) is 2.50. The first-order valence-corrected chi connectivity index (χ1v) is 6.98. The lowest BCUT2D eigenvalue weighted by molar-refractivity contribution is 0.199. The minimum atomic E-state index is 0. The summed E-state index contributed by atoms with van der Waals surface area (Å²) >= 11 is 0. The van der Waals surface area contributed by atoms with E-state index in [4.69, 9.17) is 9.47 Å².